The summed E-state index contributed by atoms with van der Waals surface area (Å²) in [7, 11) is 0. The predicted molar refractivity (Wildman–Crippen MR) is 136 cm³/mol. The molecule has 0 saturated carbocycles. The molecule has 3 rings (SSSR count). The van der Waals surface area contributed by atoms with E-state index < -0.39 is 35.4 Å². The molecule has 37 heavy (non-hydrogen) atoms. The zero-order valence-corrected chi connectivity index (χ0v) is 20.1. The molecule has 0 aromatic heterocycles. The van der Waals surface area contributed by atoms with Gasteiger partial charge in [0.2, 0.25) is 5.91 Å². The first-order valence-electron chi connectivity index (χ1n) is 11.7. The third kappa shape index (κ3) is 7.65. The van der Waals surface area contributed by atoms with Gasteiger partial charge < -0.3 is 26.4 Å². The molecule has 13 heteroatoms. The Hall–Kier alpha value is -4.68. The van der Waals surface area contributed by atoms with Gasteiger partial charge in [-0.3, -0.25) is 24.7 Å². The minimum absolute atomic E-state index is 0.0756. The number of benzene rings is 2. The molecule has 196 valence electrons. The first kappa shape index (κ1) is 26.9. The van der Waals surface area contributed by atoms with Crippen molar-refractivity contribution < 1.29 is 24.0 Å². The molecule has 5 N–H and O–H groups in total. The summed E-state index contributed by atoms with van der Waals surface area (Å²) in [5, 5.41) is 13.6. The van der Waals surface area contributed by atoms with Crippen LogP contribution in [-0.2, 0) is 9.59 Å². The van der Waals surface area contributed by atoms with Crippen molar-refractivity contribution >= 4 is 35.2 Å². The van der Waals surface area contributed by atoms with E-state index in [2.05, 4.69) is 10.3 Å². The average Bonchev–Trinajstić information content (AvgIpc) is 2.84. The van der Waals surface area contributed by atoms with Crippen LogP contribution in [0.4, 0.5) is 16.2 Å². The number of nitro groups is 1. The van der Waals surface area contributed by atoms with Gasteiger partial charge in [0, 0.05) is 37.5 Å². The van der Waals surface area contributed by atoms with E-state index in [0.717, 1.165) is 11.3 Å². The average molecular weight is 512 g/mol. The van der Waals surface area contributed by atoms with E-state index in [1.165, 1.54) is 29.2 Å². The number of carbonyl (C=O) groups is 3. The Bertz CT molecular complexity index is 1130. The topological polar surface area (TPSA) is 186 Å². The fraction of sp³-hybridized carbons (Fsp3) is 0.333. The molecular formula is C24H29N7O6. The first-order chi connectivity index (χ1) is 17.8. The van der Waals surface area contributed by atoms with Crippen LogP contribution in [0.5, 0.6) is 5.75 Å². The number of guanidine groups is 1. The molecule has 0 radical (unpaired) electrons. The van der Waals surface area contributed by atoms with Crippen LogP contribution in [0.2, 0.25) is 0 Å². The third-order valence-electron chi connectivity index (χ3n) is 5.60. The number of hydrogen-bond acceptors (Lipinski definition) is 7. The third-order valence-corrected chi connectivity index (χ3v) is 5.60. The summed E-state index contributed by atoms with van der Waals surface area (Å²) in [6, 6.07) is 12.0. The SMILES string of the molecule is NC(N)=NCCC[C@@H](C(=O)Nc1ccc([N+](=O)[O-])cc1)N(C(=O)COc1ccccc1)C(=O)N1CCC1. The predicted octanol–water partition coefficient (Wildman–Crippen LogP) is 1.69. The van der Waals surface area contributed by atoms with Gasteiger partial charge in [0.25, 0.3) is 11.6 Å². The fourth-order valence-electron chi connectivity index (χ4n) is 3.57. The lowest BCUT2D eigenvalue weighted by Crippen LogP contribution is -2.58. The molecule has 2 aromatic rings. The summed E-state index contributed by atoms with van der Waals surface area (Å²) in [6.45, 7) is 0.655. The van der Waals surface area contributed by atoms with Crippen LogP contribution in [0, 0.1) is 10.1 Å². The molecule has 2 aromatic carbocycles. The highest BCUT2D eigenvalue weighted by atomic mass is 16.6. The highest BCUT2D eigenvalue weighted by Crippen LogP contribution is 2.20. The zero-order valence-electron chi connectivity index (χ0n) is 20.1. The maximum atomic E-state index is 13.4. The van der Waals surface area contributed by atoms with Crippen LogP contribution in [0.25, 0.3) is 0 Å². The number of para-hydroxylation sites is 1. The molecule has 4 amide bonds. The van der Waals surface area contributed by atoms with Gasteiger partial charge in [-0.1, -0.05) is 18.2 Å². The number of hydrogen-bond donors (Lipinski definition) is 3. The Morgan fingerprint density at radius 1 is 1.11 bits per heavy atom. The Morgan fingerprint density at radius 2 is 1.78 bits per heavy atom. The standard InChI is InChI=1S/C24H29N7O6/c25-23(26)27-13-4-8-20(22(33)28-17-9-11-18(12-10-17)31(35)36)30(24(34)29-14-5-15-29)21(32)16-37-19-6-2-1-3-7-19/h1-3,6-7,9-12,20H,4-5,8,13-16H2,(H,28,33)(H4,25,26,27)/t20-/m0/s1. The largest absolute Gasteiger partial charge is 0.484 e. The summed E-state index contributed by atoms with van der Waals surface area (Å²) in [5.74, 6) is -1.01. The van der Waals surface area contributed by atoms with Crippen molar-refractivity contribution in [3.05, 3.63) is 64.7 Å². The lowest BCUT2D eigenvalue weighted by Gasteiger charge is -2.38. The molecule has 1 heterocycles. The molecule has 0 spiro atoms. The molecule has 1 fully saturated rings. The number of anilines is 1. The van der Waals surface area contributed by atoms with Crippen LogP contribution in [0.15, 0.2) is 59.6 Å². The van der Waals surface area contributed by atoms with Gasteiger partial charge in [-0.05, 0) is 43.5 Å². The summed E-state index contributed by atoms with van der Waals surface area (Å²) in [5.41, 5.74) is 10.9. The van der Waals surface area contributed by atoms with Crippen molar-refractivity contribution in [1.82, 2.24) is 9.80 Å². The van der Waals surface area contributed by atoms with Crippen LogP contribution in [-0.4, -0.2) is 70.8 Å². The zero-order chi connectivity index (χ0) is 26.8. The number of aliphatic imine (C=N–C) groups is 1. The molecule has 0 unspecified atom stereocenters. The number of nitrogens with two attached hydrogens (primary N) is 2. The van der Waals surface area contributed by atoms with Gasteiger partial charge in [-0.25, -0.2) is 9.69 Å². The van der Waals surface area contributed by atoms with E-state index in [0.29, 0.717) is 25.3 Å². The van der Waals surface area contributed by atoms with Crippen LogP contribution in [0.3, 0.4) is 0 Å². The van der Waals surface area contributed by atoms with Gasteiger partial charge in [0.15, 0.2) is 12.6 Å². The molecule has 1 atom stereocenters. The summed E-state index contributed by atoms with van der Waals surface area (Å²) >= 11 is 0. The number of nitro benzene ring substituents is 1. The van der Waals surface area contributed by atoms with E-state index in [9.17, 15) is 24.5 Å². The summed E-state index contributed by atoms with van der Waals surface area (Å²) in [6.07, 6.45) is 1.16. The number of amides is 4. The van der Waals surface area contributed by atoms with Gasteiger partial charge in [0.1, 0.15) is 11.8 Å². The number of nitrogens with zero attached hydrogens (tertiary/aromatic N) is 4. The number of non-ortho nitro benzene ring substituents is 1. The molecule has 1 aliphatic rings. The smallest absolute Gasteiger partial charge is 0.327 e. The second-order valence-corrected chi connectivity index (χ2v) is 8.25. The van der Waals surface area contributed by atoms with Crippen molar-refractivity contribution in [3.8, 4) is 5.75 Å². The number of urea groups is 1. The van der Waals surface area contributed by atoms with E-state index in [-0.39, 0.29) is 30.3 Å². The van der Waals surface area contributed by atoms with Crippen molar-refractivity contribution in [2.45, 2.75) is 25.3 Å². The van der Waals surface area contributed by atoms with E-state index in [1.54, 1.807) is 30.3 Å². The molecule has 13 nitrogen and oxygen atoms in total. The molecule has 0 bridgehead atoms. The van der Waals surface area contributed by atoms with Crippen molar-refractivity contribution in [2.75, 3.05) is 31.6 Å². The normalized spacial score (nSPS) is 13.0. The Kier molecular flexibility index (Phi) is 9.35. The highest BCUT2D eigenvalue weighted by molar-refractivity contribution is 6.04. The second kappa shape index (κ2) is 12.9. The highest BCUT2D eigenvalue weighted by Gasteiger charge is 2.38. The van der Waals surface area contributed by atoms with Gasteiger partial charge in [-0.2, -0.15) is 0 Å². The molecule has 0 aliphatic carbocycles. The van der Waals surface area contributed by atoms with Crippen LogP contribution < -0.4 is 21.5 Å². The summed E-state index contributed by atoms with van der Waals surface area (Å²) in [4.78, 5) is 56.6. The number of carbonyl (C=O) groups excluding carboxylic acids is 3. The minimum Gasteiger partial charge on any atom is -0.484 e. The van der Waals surface area contributed by atoms with Crippen molar-refractivity contribution in [1.29, 1.82) is 0 Å². The Morgan fingerprint density at radius 3 is 2.35 bits per heavy atom. The number of likely N-dealkylation sites (tertiary alicyclic amines) is 1. The number of nitrogens with one attached hydrogen (secondary N) is 1. The molecular weight excluding hydrogens is 482 g/mol. The van der Waals surface area contributed by atoms with E-state index >= 15 is 0 Å². The first-order valence-corrected chi connectivity index (χ1v) is 11.7. The van der Waals surface area contributed by atoms with Crippen molar-refractivity contribution in [3.63, 3.8) is 0 Å². The minimum atomic E-state index is -1.20. The van der Waals surface area contributed by atoms with Gasteiger partial charge in [0.05, 0.1) is 4.92 Å². The lowest BCUT2D eigenvalue weighted by atomic mass is 10.1. The quantitative estimate of drug-likeness (QED) is 0.134. The lowest BCUT2D eigenvalue weighted by molar-refractivity contribution is -0.384. The van der Waals surface area contributed by atoms with Gasteiger partial charge >= 0.3 is 6.03 Å². The van der Waals surface area contributed by atoms with Crippen molar-refractivity contribution in [2.24, 2.45) is 16.5 Å². The number of imide groups is 1. The Balaban J connectivity index is 1.83. The van der Waals surface area contributed by atoms with Gasteiger partial charge in [-0.15, -0.1) is 0 Å². The summed E-state index contributed by atoms with van der Waals surface area (Å²) < 4.78 is 5.56. The number of ether oxygens (including phenoxy) is 1. The van der Waals surface area contributed by atoms with E-state index in [4.69, 9.17) is 16.2 Å². The fourth-order valence-corrected chi connectivity index (χ4v) is 3.57. The molecule has 1 aliphatic heterocycles. The Labute approximate surface area is 213 Å². The molecule has 1 saturated heterocycles. The van der Waals surface area contributed by atoms with Crippen LogP contribution in [0.1, 0.15) is 19.3 Å². The maximum absolute atomic E-state index is 13.4. The van der Waals surface area contributed by atoms with E-state index in [1.807, 2.05) is 0 Å². The second-order valence-electron chi connectivity index (χ2n) is 8.25. The number of rotatable bonds is 11. The maximum Gasteiger partial charge on any atom is 0.327 e. The van der Waals surface area contributed by atoms with Crippen LogP contribution >= 0.6 is 0 Å². The monoisotopic (exact) mass is 511 g/mol.